The van der Waals surface area contributed by atoms with Gasteiger partial charge in [-0.05, 0) is 20.8 Å². The Morgan fingerprint density at radius 3 is 2.43 bits per heavy atom. The van der Waals surface area contributed by atoms with Crippen LogP contribution in [0.5, 0.6) is 0 Å². The minimum absolute atomic E-state index is 0.205. The van der Waals surface area contributed by atoms with Crippen LogP contribution in [0.1, 0.15) is 20.8 Å². The lowest BCUT2D eigenvalue weighted by Gasteiger charge is -2.46. The lowest BCUT2D eigenvalue weighted by atomic mass is 9.88. The number of carbonyl (C=O) groups excluding carboxylic acids is 1. The van der Waals surface area contributed by atoms with Gasteiger partial charge in [0.1, 0.15) is 0 Å². The molecule has 0 aromatic rings. The SMILES string of the molecule is COC(=O)C(C)(C)CN1CC(C)(O)C1. The summed E-state index contributed by atoms with van der Waals surface area (Å²) < 4.78 is 4.71. The predicted octanol–water partition coefficient (Wildman–Crippen LogP) is 0.252. The fraction of sp³-hybridized carbons (Fsp3) is 0.900. The van der Waals surface area contributed by atoms with Crippen LogP contribution in [0.2, 0.25) is 0 Å². The minimum atomic E-state index is -0.577. The summed E-state index contributed by atoms with van der Waals surface area (Å²) in [6.07, 6.45) is 0. The number of nitrogens with zero attached hydrogens (tertiary/aromatic N) is 1. The van der Waals surface area contributed by atoms with Crippen molar-refractivity contribution in [3.8, 4) is 0 Å². The molecule has 0 radical (unpaired) electrons. The normalized spacial score (nSPS) is 21.5. The number of carbonyl (C=O) groups is 1. The number of hydrogen-bond donors (Lipinski definition) is 1. The first-order valence-corrected chi connectivity index (χ1v) is 4.80. The van der Waals surface area contributed by atoms with Gasteiger partial charge in [-0.2, -0.15) is 0 Å². The van der Waals surface area contributed by atoms with Gasteiger partial charge < -0.3 is 9.84 Å². The standard InChI is InChI=1S/C10H19NO3/c1-9(2,8(12)14-4)5-11-6-10(3,13)7-11/h13H,5-7H2,1-4H3. The third-order valence-electron chi connectivity index (χ3n) is 2.49. The van der Waals surface area contributed by atoms with Crippen LogP contribution >= 0.6 is 0 Å². The molecule has 82 valence electrons. The van der Waals surface area contributed by atoms with Crippen LogP contribution in [0.4, 0.5) is 0 Å². The van der Waals surface area contributed by atoms with Crippen molar-refractivity contribution in [3.63, 3.8) is 0 Å². The molecule has 1 rings (SSSR count). The van der Waals surface area contributed by atoms with Gasteiger partial charge in [-0.25, -0.2) is 0 Å². The minimum Gasteiger partial charge on any atom is -0.469 e. The van der Waals surface area contributed by atoms with E-state index in [1.165, 1.54) is 7.11 Å². The molecule has 14 heavy (non-hydrogen) atoms. The second kappa shape index (κ2) is 3.51. The summed E-state index contributed by atoms with van der Waals surface area (Å²) in [6, 6.07) is 0. The van der Waals surface area contributed by atoms with Gasteiger partial charge in [0, 0.05) is 19.6 Å². The molecule has 0 aromatic heterocycles. The molecule has 0 amide bonds. The Labute approximate surface area is 84.8 Å². The molecule has 0 aliphatic carbocycles. The first kappa shape index (κ1) is 11.5. The molecule has 1 saturated heterocycles. The first-order valence-electron chi connectivity index (χ1n) is 4.80. The summed E-state index contributed by atoms with van der Waals surface area (Å²) in [7, 11) is 1.40. The highest BCUT2D eigenvalue weighted by atomic mass is 16.5. The molecule has 0 saturated carbocycles. The van der Waals surface area contributed by atoms with Gasteiger partial charge in [0.25, 0.3) is 0 Å². The van der Waals surface area contributed by atoms with E-state index in [-0.39, 0.29) is 5.97 Å². The van der Waals surface area contributed by atoms with Gasteiger partial charge in [0.2, 0.25) is 0 Å². The van der Waals surface area contributed by atoms with E-state index in [0.717, 1.165) is 0 Å². The summed E-state index contributed by atoms with van der Waals surface area (Å²) in [5.74, 6) is -0.205. The molecule has 1 N–H and O–H groups in total. The zero-order valence-corrected chi connectivity index (χ0v) is 9.33. The fourth-order valence-electron chi connectivity index (χ4n) is 1.93. The van der Waals surface area contributed by atoms with Crippen molar-refractivity contribution in [2.45, 2.75) is 26.4 Å². The Morgan fingerprint density at radius 2 is 2.07 bits per heavy atom. The van der Waals surface area contributed by atoms with Crippen LogP contribution in [-0.4, -0.2) is 48.3 Å². The van der Waals surface area contributed by atoms with E-state index in [1.54, 1.807) is 6.92 Å². The van der Waals surface area contributed by atoms with Crippen LogP contribution < -0.4 is 0 Å². The Kier molecular flexibility index (Phi) is 2.88. The lowest BCUT2D eigenvalue weighted by molar-refractivity contribution is -0.156. The van der Waals surface area contributed by atoms with Gasteiger partial charge in [-0.15, -0.1) is 0 Å². The van der Waals surface area contributed by atoms with Crippen molar-refractivity contribution in [2.75, 3.05) is 26.7 Å². The van der Waals surface area contributed by atoms with E-state index < -0.39 is 11.0 Å². The number of methoxy groups -OCH3 is 1. The molecule has 0 atom stereocenters. The second-order valence-corrected chi connectivity index (χ2v) is 5.02. The van der Waals surface area contributed by atoms with E-state index in [1.807, 2.05) is 13.8 Å². The van der Waals surface area contributed by atoms with Gasteiger partial charge in [0.05, 0.1) is 18.1 Å². The van der Waals surface area contributed by atoms with Crippen LogP contribution in [-0.2, 0) is 9.53 Å². The van der Waals surface area contributed by atoms with Crippen molar-refractivity contribution in [1.82, 2.24) is 4.90 Å². The molecule has 0 unspecified atom stereocenters. The molecule has 0 spiro atoms. The Balaban J connectivity index is 2.42. The highest BCUT2D eigenvalue weighted by molar-refractivity contribution is 5.76. The molecule has 1 aliphatic rings. The molecule has 0 bridgehead atoms. The molecular weight excluding hydrogens is 182 g/mol. The number of ether oxygens (including phenoxy) is 1. The molecule has 0 aromatic carbocycles. The molecule has 1 fully saturated rings. The first-order chi connectivity index (χ1) is 6.27. The molecule has 4 heteroatoms. The van der Waals surface area contributed by atoms with Gasteiger partial charge >= 0.3 is 5.97 Å². The third-order valence-corrected chi connectivity index (χ3v) is 2.49. The number of aliphatic hydroxyl groups is 1. The van der Waals surface area contributed by atoms with Gasteiger partial charge in [0.15, 0.2) is 0 Å². The van der Waals surface area contributed by atoms with Crippen LogP contribution in [0.25, 0.3) is 0 Å². The van der Waals surface area contributed by atoms with Crippen LogP contribution in [0.15, 0.2) is 0 Å². The second-order valence-electron chi connectivity index (χ2n) is 5.02. The van der Waals surface area contributed by atoms with E-state index in [2.05, 4.69) is 4.90 Å². The average molecular weight is 201 g/mol. The smallest absolute Gasteiger partial charge is 0.312 e. The average Bonchev–Trinajstić information content (AvgIpc) is 1.98. The lowest BCUT2D eigenvalue weighted by Crippen LogP contribution is -2.62. The van der Waals surface area contributed by atoms with Crippen molar-refractivity contribution in [3.05, 3.63) is 0 Å². The van der Waals surface area contributed by atoms with Gasteiger partial charge in [-0.1, -0.05) is 0 Å². The summed E-state index contributed by atoms with van der Waals surface area (Å²) >= 11 is 0. The van der Waals surface area contributed by atoms with Crippen molar-refractivity contribution in [1.29, 1.82) is 0 Å². The summed E-state index contributed by atoms with van der Waals surface area (Å²) in [5.41, 5.74) is -1.07. The van der Waals surface area contributed by atoms with E-state index in [9.17, 15) is 9.90 Å². The maximum absolute atomic E-state index is 11.4. The largest absolute Gasteiger partial charge is 0.469 e. The van der Waals surface area contributed by atoms with E-state index in [0.29, 0.717) is 19.6 Å². The summed E-state index contributed by atoms with van der Waals surface area (Å²) in [4.78, 5) is 13.4. The predicted molar refractivity (Wildman–Crippen MR) is 52.9 cm³/mol. The maximum atomic E-state index is 11.4. The molecule has 1 aliphatic heterocycles. The summed E-state index contributed by atoms with van der Waals surface area (Å²) in [6.45, 7) is 7.41. The van der Waals surface area contributed by atoms with Gasteiger partial charge in [-0.3, -0.25) is 9.69 Å². The topological polar surface area (TPSA) is 49.8 Å². The van der Waals surface area contributed by atoms with E-state index >= 15 is 0 Å². The van der Waals surface area contributed by atoms with Crippen LogP contribution in [0.3, 0.4) is 0 Å². The zero-order valence-electron chi connectivity index (χ0n) is 9.33. The molecular formula is C10H19NO3. The van der Waals surface area contributed by atoms with Crippen molar-refractivity contribution >= 4 is 5.97 Å². The quantitative estimate of drug-likeness (QED) is 0.665. The number of hydrogen-bond acceptors (Lipinski definition) is 4. The molecule has 4 nitrogen and oxygen atoms in total. The molecule has 1 heterocycles. The zero-order chi connectivity index (χ0) is 11.0. The van der Waals surface area contributed by atoms with Crippen molar-refractivity contribution < 1.29 is 14.6 Å². The Morgan fingerprint density at radius 1 is 1.57 bits per heavy atom. The number of likely N-dealkylation sites (tertiary alicyclic amines) is 1. The Bertz CT molecular complexity index is 228. The Hall–Kier alpha value is -0.610. The number of esters is 1. The summed E-state index contributed by atoms with van der Waals surface area (Å²) in [5, 5.41) is 9.52. The van der Waals surface area contributed by atoms with E-state index in [4.69, 9.17) is 4.74 Å². The maximum Gasteiger partial charge on any atom is 0.312 e. The fourth-order valence-corrected chi connectivity index (χ4v) is 1.93. The van der Waals surface area contributed by atoms with Crippen LogP contribution in [0, 0.1) is 5.41 Å². The van der Waals surface area contributed by atoms with Crippen molar-refractivity contribution in [2.24, 2.45) is 5.41 Å². The highest BCUT2D eigenvalue weighted by Gasteiger charge is 2.41. The number of β-amino-alcohol motifs (C(OH)–C–C–N with tert-alkyl or cyclic N) is 1. The third kappa shape index (κ3) is 2.45. The highest BCUT2D eigenvalue weighted by Crippen LogP contribution is 2.26. The number of rotatable bonds is 3. The monoisotopic (exact) mass is 201 g/mol.